The fourth-order valence-corrected chi connectivity index (χ4v) is 1.59. The molecular weight excluding hydrogens is 278 g/mol. The number of nitrogens with zero attached hydrogens (tertiary/aromatic N) is 1. The average molecular weight is 289 g/mol. The summed E-state index contributed by atoms with van der Waals surface area (Å²) in [7, 11) is 1.41. The van der Waals surface area contributed by atoms with Gasteiger partial charge in [-0.1, -0.05) is 0 Å². The fourth-order valence-electron chi connectivity index (χ4n) is 1.59. The zero-order valence-electron chi connectivity index (χ0n) is 10.9. The number of aromatic nitrogens is 2. The Morgan fingerprint density at radius 3 is 2.71 bits per heavy atom. The van der Waals surface area contributed by atoms with Crippen molar-refractivity contribution < 1.29 is 19.4 Å². The van der Waals surface area contributed by atoms with Crippen molar-refractivity contribution in [2.45, 2.75) is 0 Å². The normalized spacial score (nSPS) is 9.95. The fraction of sp³-hybridized carbons (Fsp3) is 0.0769. The predicted molar refractivity (Wildman–Crippen MR) is 72.8 cm³/mol. The molecule has 0 saturated carbocycles. The second-order valence-corrected chi connectivity index (χ2v) is 3.97. The molecule has 0 unspecified atom stereocenters. The van der Waals surface area contributed by atoms with E-state index >= 15 is 0 Å². The second kappa shape index (κ2) is 5.87. The van der Waals surface area contributed by atoms with Crippen LogP contribution in [0.3, 0.4) is 0 Å². The van der Waals surface area contributed by atoms with Gasteiger partial charge in [0.2, 0.25) is 0 Å². The summed E-state index contributed by atoms with van der Waals surface area (Å²) in [6, 6.07) is 4.21. The van der Waals surface area contributed by atoms with Gasteiger partial charge in [-0.2, -0.15) is 0 Å². The zero-order valence-corrected chi connectivity index (χ0v) is 10.9. The molecule has 8 heteroatoms. The molecule has 1 aromatic carbocycles. The number of anilines is 1. The number of hydrogen-bond acceptors (Lipinski definition) is 5. The highest BCUT2D eigenvalue weighted by Gasteiger charge is 2.15. The summed E-state index contributed by atoms with van der Waals surface area (Å²) < 4.78 is 4.93. The first-order valence-corrected chi connectivity index (χ1v) is 5.78. The van der Waals surface area contributed by atoms with Crippen LogP contribution in [0.15, 0.2) is 35.4 Å². The number of ether oxygens (including phenoxy) is 1. The van der Waals surface area contributed by atoms with Crippen molar-refractivity contribution in [3.8, 4) is 5.75 Å². The van der Waals surface area contributed by atoms with Crippen LogP contribution in [0.5, 0.6) is 5.75 Å². The third kappa shape index (κ3) is 3.24. The molecule has 1 heterocycles. The molecule has 0 fully saturated rings. The van der Waals surface area contributed by atoms with E-state index in [2.05, 4.69) is 15.3 Å². The van der Waals surface area contributed by atoms with Gasteiger partial charge in [-0.05, 0) is 18.2 Å². The Bertz CT molecular complexity index is 733. The largest absolute Gasteiger partial charge is 0.497 e. The van der Waals surface area contributed by atoms with Crippen molar-refractivity contribution in [2.75, 3.05) is 12.4 Å². The number of aromatic carboxylic acids is 1. The molecule has 3 N–H and O–H groups in total. The molecule has 2 aromatic rings. The number of amides is 1. The molecule has 21 heavy (non-hydrogen) atoms. The van der Waals surface area contributed by atoms with Crippen LogP contribution in [0.4, 0.5) is 5.69 Å². The van der Waals surface area contributed by atoms with Crippen LogP contribution in [0, 0.1) is 0 Å². The summed E-state index contributed by atoms with van der Waals surface area (Å²) in [4.78, 5) is 40.0. The van der Waals surface area contributed by atoms with E-state index in [0.717, 1.165) is 12.4 Å². The Hall–Kier alpha value is -3.16. The van der Waals surface area contributed by atoms with Crippen molar-refractivity contribution >= 4 is 17.6 Å². The maximum absolute atomic E-state index is 11.9. The summed E-state index contributed by atoms with van der Waals surface area (Å²) in [6.45, 7) is 0. The number of hydrogen-bond donors (Lipinski definition) is 3. The Labute approximate surface area is 118 Å². The van der Waals surface area contributed by atoms with Gasteiger partial charge in [0.1, 0.15) is 11.4 Å². The third-order valence-electron chi connectivity index (χ3n) is 2.61. The molecule has 0 spiro atoms. The zero-order chi connectivity index (χ0) is 15.4. The lowest BCUT2D eigenvalue weighted by molar-refractivity contribution is 0.0697. The van der Waals surface area contributed by atoms with Crippen LogP contribution in [0.2, 0.25) is 0 Å². The first-order chi connectivity index (χ1) is 10.0. The summed E-state index contributed by atoms with van der Waals surface area (Å²) in [6.07, 6.45) is 2.10. The van der Waals surface area contributed by atoms with Gasteiger partial charge in [0.15, 0.2) is 0 Å². The number of benzene rings is 1. The van der Waals surface area contributed by atoms with Crippen molar-refractivity contribution in [1.82, 2.24) is 9.97 Å². The number of carboxylic acids is 1. The topological polar surface area (TPSA) is 121 Å². The number of H-pyrrole nitrogens is 1. The Morgan fingerprint density at radius 1 is 1.38 bits per heavy atom. The number of carbonyl (C=O) groups is 2. The van der Waals surface area contributed by atoms with E-state index < -0.39 is 17.4 Å². The highest BCUT2D eigenvalue weighted by atomic mass is 16.5. The van der Waals surface area contributed by atoms with Crippen molar-refractivity contribution in [3.63, 3.8) is 0 Å². The van der Waals surface area contributed by atoms with E-state index in [0.29, 0.717) is 5.75 Å². The molecule has 0 atom stereocenters. The van der Waals surface area contributed by atoms with Gasteiger partial charge in [0.25, 0.3) is 11.5 Å². The first-order valence-electron chi connectivity index (χ1n) is 5.78. The highest BCUT2D eigenvalue weighted by molar-refractivity contribution is 6.06. The summed E-state index contributed by atoms with van der Waals surface area (Å²) >= 11 is 0. The minimum atomic E-state index is -1.21. The number of carbonyl (C=O) groups excluding carboxylic acids is 1. The molecule has 1 amide bonds. The predicted octanol–water partition coefficient (Wildman–Crippen LogP) is 0.729. The van der Waals surface area contributed by atoms with Gasteiger partial charge in [0.05, 0.1) is 24.6 Å². The number of methoxy groups -OCH3 is 1. The van der Waals surface area contributed by atoms with Gasteiger partial charge in [-0.15, -0.1) is 0 Å². The third-order valence-corrected chi connectivity index (χ3v) is 2.61. The lowest BCUT2D eigenvalue weighted by atomic mass is 10.1. The Balaban J connectivity index is 2.30. The summed E-state index contributed by atoms with van der Waals surface area (Å²) in [5.74, 6) is -1.50. The van der Waals surface area contributed by atoms with Gasteiger partial charge in [-0.3, -0.25) is 9.59 Å². The smallest absolute Gasteiger partial charge is 0.337 e. The summed E-state index contributed by atoms with van der Waals surface area (Å²) in [5.41, 5.74) is -0.502. The van der Waals surface area contributed by atoms with Gasteiger partial charge in [0, 0.05) is 6.20 Å². The van der Waals surface area contributed by atoms with Gasteiger partial charge < -0.3 is 20.1 Å². The van der Waals surface area contributed by atoms with Crippen LogP contribution in [-0.4, -0.2) is 34.1 Å². The lowest BCUT2D eigenvalue weighted by Gasteiger charge is -2.09. The monoisotopic (exact) mass is 289 g/mol. The van der Waals surface area contributed by atoms with Crippen LogP contribution < -0.4 is 15.6 Å². The van der Waals surface area contributed by atoms with E-state index in [1.165, 1.54) is 25.3 Å². The van der Waals surface area contributed by atoms with Crippen molar-refractivity contribution in [2.24, 2.45) is 0 Å². The van der Waals surface area contributed by atoms with Crippen molar-refractivity contribution in [3.05, 3.63) is 52.2 Å². The van der Waals surface area contributed by atoms with E-state index in [1.807, 2.05) is 0 Å². The molecule has 0 bridgehead atoms. The number of nitrogens with one attached hydrogen (secondary N) is 2. The maximum atomic E-state index is 11.9. The van der Waals surface area contributed by atoms with Crippen LogP contribution in [-0.2, 0) is 0 Å². The molecular formula is C13H11N3O5. The lowest BCUT2D eigenvalue weighted by Crippen LogP contribution is -2.18. The molecule has 1 aromatic heterocycles. The average Bonchev–Trinajstić information content (AvgIpc) is 2.48. The number of aromatic amines is 1. The molecule has 0 saturated heterocycles. The van der Waals surface area contributed by atoms with Crippen molar-refractivity contribution in [1.29, 1.82) is 0 Å². The molecule has 0 radical (unpaired) electrons. The number of rotatable bonds is 4. The highest BCUT2D eigenvalue weighted by Crippen LogP contribution is 2.22. The maximum Gasteiger partial charge on any atom is 0.337 e. The molecule has 2 rings (SSSR count). The van der Waals surface area contributed by atoms with Gasteiger partial charge in [-0.25, -0.2) is 9.78 Å². The molecule has 0 aliphatic rings. The Morgan fingerprint density at radius 2 is 2.14 bits per heavy atom. The standard InChI is InChI=1S/C13H11N3O5/c1-21-7-2-3-9(8(4-7)13(19)20)16-12(18)10-5-15-11(17)6-14-10/h2-6H,1H3,(H,15,17)(H,16,18)(H,19,20). The van der Waals surface area contributed by atoms with E-state index in [9.17, 15) is 14.4 Å². The second-order valence-electron chi connectivity index (χ2n) is 3.97. The van der Waals surface area contributed by atoms with E-state index in [1.54, 1.807) is 0 Å². The van der Waals surface area contributed by atoms with Crippen LogP contribution >= 0.6 is 0 Å². The minimum absolute atomic E-state index is 0.0400. The molecule has 0 aliphatic heterocycles. The van der Waals surface area contributed by atoms with Crippen LogP contribution in [0.1, 0.15) is 20.8 Å². The molecule has 108 valence electrons. The SMILES string of the molecule is COc1ccc(NC(=O)c2c[nH]c(=O)cn2)c(C(=O)O)c1. The summed E-state index contributed by atoms with van der Waals surface area (Å²) in [5, 5.41) is 11.6. The molecule has 8 nitrogen and oxygen atoms in total. The quantitative estimate of drug-likeness (QED) is 0.762. The van der Waals surface area contributed by atoms with E-state index in [4.69, 9.17) is 9.84 Å². The van der Waals surface area contributed by atoms with Gasteiger partial charge >= 0.3 is 5.97 Å². The minimum Gasteiger partial charge on any atom is -0.497 e. The van der Waals surface area contributed by atoms with Crippen LogP contribution in [0.25, 0.3) is 0 Å². The Kier molecular flexibility index (Phi) is 3.98. The first kappa shape index (κ1) is 14.3. The number of carboxylic acid groups (broad SMARTS) is 1. The van der Waals surface area contributed by atoms with E-state index in [-0.39, 0.29) is 16.9 Å². The molecule has 0 aliphatic carbocycles.